The molecule has 2 amide bonds. The van der Waals surface area contributed by atoms with Crippen molar-refractivity contribution in [3.63, 3.8) is 0 Å². The molecule has 1 atom stereocenters. The summed E-state index contributed by atoms with van der Waals surface area (Å²) >= 11 is 0. The molecule has 42 heavy (non-hydrogen) atoms. The van der Waals surface area contributed by atoms with Gasteiger partial charge in [-0.05, 0) is 61.4 Å². The van der Waals surface area contributed by atoms with Gasteiger partial charge in [-0.3, -0.25) is 19.3 Å². The quantitative estimate of drug-likeness (QED) is 0.226. The minimum atomic E-state index is -1.05. The van der Waals surface area contributed by atoms with Gasteiger partial charge in [0.1, 0.15) is 0 Å². The third kappa shape index (κ3) is 6.36. The van der Waals surface area contributed by atoms with Crippen LogP contribution in [0.2, 0.25) is 0 Å². The molecule has 0 aromatic heterocycles. The van der Waals surface area contributed by atoms with Crippen molar-refractivity contribution in [2.75, 3.05) is 50.5 Å². The van der Waals surface area contributed by atoms with Crippen LogP contribution in [0.15, 0.2) is 66.7 Å². The number of benzene rings is 3. The van der Waals surface area contributed by atoms with Gasteiger partial charge < -0.3 is 21.1 Å². The van der Waals surface area contributed by atoms with Gasteiger partial charge in [0, 0.05) is 56.1 Å². The fourth-order valence-corrected chi connectivity index (χ4v) is 5.29. The Kier molecular flexibility index (Phi) is 8.67. The fourth-order valence-electron chi connectivity index (χ4n) is 5.29. The molecule has 2 aliphatic heterocycles. The van der Waals surface area contributed by atoms with E-state index >= 15 is 0 Å². The average Bonchev–Trinajstić information content (AvgIpc) is 3.29. The molecule has 2 heterocycles. The van der Waals surface area contributed by atoms with Gasteiger partial charge in [0.05, 0.1) is 29.1 Å². The molecule has 3 aromatic rings. The summed E-state index contributed by atoms with van der Waals surface area (Å²) < 4.78 is 0. The molecular formula is C32H35N5O5. The molecule has 5 rings (SSSR count). The highest BCUT2D eigenvalue weighted by Gasteiger charge is 2.30. The first-order valence-electron chi connectivity index (χ1n) is 13.9. The molecule has 1 saturated heterocycles. The van der Waals surface area contributed by atoms with Gasteiger partial charge in [-0.25, -0.2) is 9.86 Å². The Bertz CT molecular complexity index is 1520. The lowest BCUT2D eigenvalue weighted by Crippen LogP contribution is -2.50. The topological polar surface area (TPSA) is 123 Å². The highest BCUT2D eigenvalue weighted by molar-refractivity contribution is 6.37. The van der Waals surface area contributed by atoms with Crippen molar-refractivity contribution in [1.29, 1.82) is 0 Å². The lowest BCUT2D eigenvalue weighted by atomic mass is 9.96. The Labute approximate surface area is 244 Å². The van der Waals surface area contributed by atoms with Crippen LogP contribution in [-0.2, 0) is 9.63 Å². The number of rotatable bonds is 9. The number of carboxylic acids is 1. The van der Waals surface area contributed by atoms with E-state index in [0.29, 0.717) is 52.0 Å². The minimum absolute atomic E-state index is 0.136. The molecule has 218 valence electrons. The number of anilines is 2. The van der Waals surface area contributed by atoms with E-state index in [1.807, 2.05) is 30.3 Å². The third-order valence-corrected chi connectivity index (χ3v) is 7.48. The van der Waals surface area contributed by atoms with Crippen LogP contribution in [0.3, 0.4) is 0 Å². The SMILES string of the molecule is Cc1cc2c(cc1C(=O)O)NC(=O)/C2=C(\Nc1ccc(C(=O)N(C)OCCN2CCN[C@@H](C)C2)cc1)c1ccccc1. The Morgan fingerprint density at radius 3 is 2.52 bits per heavy atom. The van der Waals surface area contributed by atoms with Crippen LogP contribution < -0.4 is 16.0 Å². The molecule has 0 bridgehead atoms. The van der Waals surface area contributed by atoms with E-state index in [4.69, 9.17) is 4.84 Å². The molecule has 0 saturated carbocycles. The fraction of sp³-hybridized carbons (Fsp3) is 0.281. The maximum absolute atomic E-state index is 13.2. The number of hydrogen-bond donors (Lipinski definition) is 4. The first kappa shape index (κ1) is 29.0. The molecule has 0 spiro atoms. The number of carbonyl (C=O) groups excluding carboxylic acids is 2. The summed E-state index contributed by atoms with van der Waals surface area (Å²) in [6.45, 7) is 7.88. The van der Waals surface area contributed by atoms with Gasteiger partial charge in [-0.2, -0.15) is 0 Å². The maximum Gasteiger partial charge on any atom is 0.336 e. The van der Waals surface area contributed by atoms with Crippen molar-refractivity contribution in [2.24, 2.45) is 0 Å². The van der Waals surface area contributed by atoms with Crippen LogP contribution in [0, 0.1) is 6.92 Å². The van der Waals surface area contributed by atoms with Crippen molar-refractivity contribution >= 4 is 40.4 Å². The second-order valence-corrected chi connectivity index (χ2v) is 10.6. The third-order valence-electron chi connectivity index (χ3n) is 7.48. The van der Waals surface area contributed by atoms with Gasteiger partial charge in [-0.1, -0.05) is 30.3 Å². The number of carboxylic acid groups (broad SMARTS) is 1. The molecule has 1 fully saturated rings. The van der Waals surface area contributed by atoms with Crippen LogP contribution in [-0.4, -0.2) is 78.7 Å². The number of nitrogens with zero attached hydrogens (tertiary/aromatic N) is 2. The van der Waals surface area contributed by atoms with E-state index in [1.165, 1.54) is 11.1 Å². The maximum atomic E-state index is 13.2. The number of carbonyl (C=O) groups is 3. The summed E-state index contributed by atoms with van der Waals surface area (Å²) in [7, 11) is 1.61. The lowest BCUT2D eigenvalue weighted by molar-refractivity contribution is -0.110. The number of amides is 2. The van der Waals surface area contributed by atoms with Crippen LogP contribution in [0.25, 0.3) is 11.3 Å². The number of piperazine rings is 1. The minimum Gasteiger partial charge on any atom is -0.478 e. The molecule has 4 N–H and O–H groups in total. The van der Waals surface area contributed by atoms with Crippen molar-refractivity contribution in [2.45, 2.75) is 19.9 Å². The van der Waals surface area contributed by atoms with Gasteiger partial charge in [-0.15, -0.1) is 0 Å². The Morgan fingerprint density at radius 2 is 1.83 bits per heavy atom. The lowest BCUT2D eigenvalue weighted by Gasteiger charge is -2.31. The molecule has 10 nitrogen and oxygen atoms in total. The van der Waals surface area contributed by atoms with E-state index in [0.717, 1.165) is 31.7 Å². The van der Waals surface area contributed by atoms with E-state index in [-0.39, 0.29) is 17.4 Å². The highest BCUT2D eigenvalue weighted by Crippen LogP contribution is 2.39. The number of aryl methyl sites for hydroxylation is 1. The second kappa shape index (κ2) is 12.6. The summed E-state index contributed by atoms with van der Waals surface area (Å²) in [5.74, 6) is -1.65. The van der Waals surface area contributed by atoms with Crippen LogP contribution in [0.4, 0.5) is 11.4 Å². The van der Waals surface area contributed by atoms with Gasteiger partial charge in [0.2, 0.25) is 0 Å². The van der Waals surface area contributed by atoms with E-state index in [2.05, 4.69) is 27.8 Å². The number of fused-ring (bicyclic) bond motifs is 1. The monoisotopic (exact) mass is 569 g/mol. The Hall–Kier alpha value is -4.51. The first-order valence-corrected chi connectivity index (χ1v) is 13.9. The predicted octanol–water partition coefficient (Wildman–Crippen LogP) is 3.92. The van der Waals surface area contributed by atoms with E-state index < -0.39 is 5.97 Å². The highest BCUT2D eigenvalue weighted by atomic mass is 16.7. The zero-order valence-corrected chi connectivity index (χ0v) is 23.9. The molecule has 2 aliphatic rings. The Morgan fingerprint density at radius 1 is 1.10 bits per heavy atom. The second-order valence-electron chi connectivity index (χ2n) is 10.6. The summed E-state index contributed by atoms with van der Waals surface area (Å²) in [5.41, 5.74) is 4.65. The van der Waals surface area contributed by atoms with E-state index in [1.54, 1.807) is 44.3 Å². The summed E-state index contributed by atoms with van der Waals surface area (Å²) in [4.78, 5) is 45.9. The van der Waals surface area contributed by atoms with Crippen molar-refractivity contribution < 1.29 is 24.3 Å². The van der Waals surface area contributed by atoms with Crippen LogP contribution in [0.1, 0.15) is 44.3 Å². The van der Waals surface area contributed by atoms with Crippen molar-refractivity contribution in [3.05, 3.63) is 94.5 Å². The summed E-state index contributed by atoms with van der Waals surface area (Å²) in [6.07, 6.45) is 0. The standard InChI is InChI=1S/C32H35N5O5/c1-20-17-26-27(18-25(20)32(40)41)35-30(38)28(26)29(22-7-5-4-6-8-22)34-24-11-9-23(10-12-24)31(39)36(3)42-16-15-37-14-13-33-21(2)19-37/h4-12,17-18,21,33-34H,13-16,19H2,1-3H3,(H,35,38)(H,40,41)/b29-28-/t21-/m0/s1. The molecule has 3 aromatic carbocycles. The largest absolute Gasteiger partial charge is 0.478 e. The number of aromatic carboxylic acids is 1. The van der Waals surface area contributed by atoms with Crippen molar-refractivity contribution in [1.82, 2.24) is 15.3 Å². The van der Waals surface area contributed by atoms with Crippen LogP contribution in [0.5, 0.6) is 0 Å². The molecule has 0 aliphatic carbocycles. The van der Waals surface area contributed by atoms with Crippen LogP contribution >= 0.6 is 0 Å². The molecule has 0 unspecified atom stereocenters. The average molecular weight is 570 g/mol. The number of hydrogen-bond acceptors (Lipinski definition) is 7. The summed E-state index contributed by atoms with van der Waals surface area (Å²) in [5, 5.41) is 20.4. The molecule has 0 radical (unpaired) electrons. The zero-order chi connectivity index (χ0) is 29.8. The number of hydroxylamine groups is 2. The van der Waals surface area contributed by atoms with Gasteiger partial charge >= 0.3 is 5.97 Å². The predicted molar refractivity (Wildman–Crippen MR) is 162 cm³/mol. The van der Waals surface area contributed by atoms with Gasteiger partial charge in [0.25, 0.3) is 11.8 Å². The van der Waals surface area contributed by atoms with Crippen molar-refractivity contribution in [3.8, 4) is 0 Å². The van der Waals surface area contributed by atoms with E-state index in [9.17, 15) is 19.5 Å². The normalized spacial score (nSPS) is 17.8. The molecule has 10 heteroatoms. The Balaban J connectivity index is 1.34. The zero-order valence-electron chi connectivity index (χ0n) is 23.9. The molecular weight excluding hydrogens is 534 g/mol. The number of nitrogens with one attached hydrogen (secondary N) is 3. The van der Waals surface area contributed by atoms with Gasteiger partial charge in [0.15, 0.2) is 0 Å². The first-order chi connectivity index (χ1) is 20.2. The summed E-state index contributed by atoms with van der Waals surface area (Å²) in [6, 6.07) is 20.1. The smallest absolute Gasteiger partial charge is 0.336 e.